The van der Waals surface area contributed by atoms with Gasteiger partial charge in [0.2, 0.25) is 5.91 Å². The summed E-state index contributed by atoms with van der Waals surface area (Å²) in [7, 11) is 0. The molecule has 0 radical (unpaired) electrons. The number of rotatable bonds is 8. The summed E-state index contributed by atoms with van der Waals surface area (Å²) in [5.74, 6) is -0.483. The Morgan fingerprint density at radius 3 is 2.62 bits per heavy atom. The first-order chi connectivity index (χ1) is 12.4. The van der Waals surface area contributed by atoms with Crippen molar-refractivity contribution in [1.29, 1.82) is 0 Å². The molecule has 2 rings (SSSR count). The number of quaternary nitrogens is 1. The molecule has 0 aromatic heterocycles. The summed E-state index contributed by atoms with van der Waals surface area (Å²) in [5, 5.41) is 18.6. The van der Waals surface area contributed by atoms with E-state index in [0.717, 1.165) is 17.2 Å². The van der Waals surface area contributed by atoms with Crippen LogP contribution in [0.1, 0.15) is 24.8 Å². The van der Waals surface area contributed by atoms with E-state index >= 15 is 0 Å². The van der Waals surface area contributed by atoms with Gasteiger partial charge in [-0.3, -0.25) is 9.59 Å². The molecule has 0 saturated carbocycles. The number of aliphatic carboxylic acids is 1. The van der Waals surface area contributed by atoms with Crippen LogP contribution in [0, 0.1) is 0 Å². The summed E-state index contributed by atoms with van der Waals surface area (Å²) in [5.41, 5.74) is 0.843. The normalized spacial score (nSPS) is 18.8. The minimum atomic E-state index is -1.34. The second-order valence-electron chi connectivity index (χ2n) is 6.19. The van der Waals surface area contributed by atoms with Gasteiger partial charge in [0, 0.05) is 23.9 Å². The summed E-state index contributed by atoms with van der Waals surface area (Å²) in [6.07, 6.45) is 0.0443. The highest BCUT2D eigenvalue weighted by molar-refractivity contribution is 7.99. The van der Waals surface area contributed by atoms with Crippen molar-refractivity contribution in [3.8, 4) is 0 Å². The van der Waals surface area contributed by atoms with Crippen molar-refractivity contribution in [2.75, 3.05) is 18.2 Å². The van der Waals surface area contributed by atoms with E-state index in [0.29, 0.717) is 5.02 Å². The zero-order valence-corrected chi connectivity index (χ0v) is 15.9. The quantitative estimate of drug-likeness (QED) is 0.509. The number of thioether (sulfide) groups is 1. The van der Waals surface area contributed by atoms with Gasteiger partial charge in [0.25, 0.3) is 5.91 Å². The maximum Gasteiger partial charge on any atom is 0.279 e. The highest BCUT2D eigenvalue weighted by atomic mass is 35.5. The van der Waals surface area contributed by atoms with Gasteiger partial charge in [-0.25, -0.2) is 0 Å². The minimum absolute atomic E-state index is 0.0443. The number of carbonyl (C=O) groups excluding carboxylic acids is 3. The van der Waals surface area contributed by atoms with E-state index in [1.54, 1.807) is 36.0 Å². The van der Waals surface area contributed by atoms with Crippen molar-refractivity contribution in [3.05, 3.63) is 34.9 Å². The van der Waals surface area contributed by atoms with Gasteiger partial charge in [0.15, 0.2) is 6.04 Å². The number of hydrogen-bond donors (Lipinski definition) is 3. The zero-order valence-electron chi connectivity index (χ0n) is 14.4. The van der Waals surface area contributed by atoms with Crippen LogP contribution in [-0.4, -0.2) is 48.0 Å². The molecule has 9 heteroatoms. The van der Waals surface area contributed by atoms with Crippen LogP contribution in [0.15, 0.2) is 24.3 Å². The Balaban J connectivity index is 2.01. The van der Waals surface area contributed by atoms with E-state index in [4.69, 9.17) is 11.6 Å². The lowest BCUT2D eigenvalue weighted by Crippen LogP contribution is -2.89. The molecule has 0 unspecified atom stereocenters. The van der Waals surface area contributed by atoms with E-state index in [1.165, 1.54) is 6.92 Å². The Morgan fingerprint density at radius 1 is 1.35 bits per heavy atom. The van der Waals surface area contributed by atoms with Crippen LogP contribution in [0.4, 0.5) is 0 Å². The van der Waals surface area contributed by atoms with Gasteiger partial charge in [0.05, 0.1) is 17.8 Å². The molecule has 1 fully saturated rings. The summed E-state index contributed by atoms with van der Waals surface area (Å²) in [6.45, 7) is 1.63. The first-order valence-electron chi connectivity index (χ1n) is 8.31. The van der Waals surface area contributed by atoms with Crippen LogP contribution in [0.2, 0.25) is 5.02 Å². The van der Waals surface area contributed by atoms with Crippen molar-refractivity contribution in [1.82, 2.24) is 10.6 Å². The molecule has 3 atom stereocenters. The fourth-order valence-electron chi connectivity index (χ4n) is 2.61. The van der Waals surface area contributed by atoms with E-state index in [-0.39, 0.29) is 30.8 Å². The van der Waals surface area contributed by atoms with Gasteiger partial charge >= 0.3 is 0 Å². The number of halogens is 1. The van der Waals surface area contributed by atoms with Gasteiger partial charge < -0.3 is 25.9 Å². The Labute approximate surface area is 161 Å². The summed E-state index contributed by atoms with van der Waals surface area (Å²) in [6, 6.07) is 5.84. The highest BCUT2D eigenvalue weighted by Crippen LogP contribution is 2.21. The van der Waals surface area contributed by atoms with E-state index in [9.17, 15) is 19.5 Å². The molecule has 1 aromatic rings. The van der Waals surface area contributed by atoms with Crippen molar-refractivity contribution in [2.24, 2.45) is 0 Å². The van der Waals surface area contributed by atoms with Gasteiger partial charge in [0.1, 0.15) is 5.88 Å². The van der Waals surface area contributed by atoms with Gasteiger partial charge in [-0.15, -0.1) is 0 Å². The number of carbonyl (C=O) groups is 3. The van der Waals surface area contributed by atoms with Crippen LogP contribution in [0.3, 0.4) is 0 Å². The highest BCUT2D eigenvalue weighted by Gasteiger charge is 2.27. The molecule has 142 valence electrons. The Hall–Kier alpha value is -1.77. The third-order valence-electron chi connectivity index (χ3n) is 4.16. The molecular weight excluding hydrogens is 378 g/mol. The van der Waals surface area contributed by atoms with Crippen molar-refractivity contribution in [2.45, 2.75) is 31.3 Å². The number of nitrogens with one attached hydrogen (secondary N) is 2. The molecule has 26 heavy (non-hydrogen) atoms. The Bertz CT molecular complexity index is 650. The largest absolute Gasteiger partial charge is 0.548 e. The van der Waals surface area contributed by atoms with Crippen LogP contribution in [0.5, 0.6) is 0 Å². The maximum absolute atomic E-state index is 12.2. The third-order valence-corrected chi connectivity index (χ3v) is 5.43. The van der Waals surface area contributed by atoms with Crippen molar-refractivity contribution in [3.63, 3.8) is 0 Å². The Morgan fingerprint density at radius 2 is 2.04 bits per heavy atom. The lowest BCUT2D eigenvalue weighted by molar-refractivity contribution is -0.648. The monoisotopic (exact) mass is 399 g/mol. The zero-order chi connectivity index (χ0) is 19.1. The molecule has 0 aliphatic carbocycles. The number of carboxylic acid groups (broad SMARTS) is 1. The molecule has 2 amide bonds. The van der Waals surface area contributed by atoms with E-state index < -0.39 is 17.9 Å². The Kier molecular flexibility index (Phi) is 7.74. The molecular formula is C17H22ClN3O4S. The standard InChI is InChI=1S/C17H22ClN3O4S/c1-10(17(24)25)21-15(22)6-12(11-2-4-13(18)5-3-11)7-19-16(23)14-8-26-9-20-14/h2-5,10,12,14,20H,6-9H2,1H3,(H,19,23)(H,21,22)(H,24,25)/t10-,12+,14+/m1/s1. The predicted octanol–water partition coefficient (Wildman–Crippen LogP) is -1.18. The molecule has 1 aromatic carbocycles. The number of benzene rings is 1. The average Bonchev–Trinajstić information content (AvgIpc) is 3.13. The predicted molar refractivity (Wildman–Crippen MR) is 97.5 cm³/mol. The van der Waals surface area contributed by atoms with E-state index in [1.807, 2.05) is 5.32 Å². The topological polar surface area (TPSA) is 115 Å². The maximum atomic E-state index is 12.2. The molecule has 1 aliphatic rings. The first kappa shape index (κ1) is 20.5. The summed E-state index contributed by atoms with van der Waals surface area (Å²) >= 11 is 7.62. The molecule has 4 N–H and O–H groups in total. The fourth-order valence-corrected chi connectivity index (χ4v) is 3.78. The SMILES string of the molecule is C[C@@H](NC(=O)C[C@@H](CNC(=O)[C@@H]1CSC[NH2+]1)c1ccc(Cl)cc1)C(=O)[O-]. The number of amides is 2. The van der Waals surface area contributed by atoms with Crippen LogP contribution in [0.25, 0.3) is 0 Å². The fraction of sp³-hybridized carbons (Fsp3) is 0.471. The smallest absolute Gasteiger partial charge is 0.279 e. The van der Waals surface area contributed by atoms with Gasteiger partial charge in [-0.05, 0) is 24.6 Å². The molecule has 1 aliphatic heterocycles. The molecule has 1 heterocycles. The number of nitrogens with two attached hydrogens (primary N) is 1. The second-order valence-corrected chi connectivity index (χ2v) is 7.70. The number of carboxylic acids is 1. The molecule has 1 saturated heterocycles. The van der Waals surface area contributed by atoms with Crippen molar-refractivity contribution >= 4 is 41.1 Å². The average molecular weight is 400 g/mol. The van der Waals surface area contributed by atoms with Crippen LogP contribution >= 0.6 is 23.4 Å². The molecule has 7 nitrogen and oxygen atoms in total. The van der Waals surface area contributed by atoms with Crippen molar-refractivity contribution < 1.29 is 24.8 Å². The van der Waals surface area contributed by atoms with Gasteiger partial charge in [-0.1, -0.05) is 35.5 Å². The lowest BCUT2D eigenvalue weighted by atomic mass is 9.95. The summed E-state index contributed by atoms with van der Waals surface area (Å²) in [4.78, 5) is 35.2. The van der Waals surface area contributed by atoms with E-state index in [2.05, 4.69) is 10.6 Å². The summed E-state index contributed by atoms with van der Waals surface area (Å²) < 4.78 is 0. The van der Waals surface area contributed by atoms with Crippen LogP contribution < -0.4 is 21.1 Å². The van der Waals surface area contributed by atoms with Crippen LogP contribution in [-0.2, 0) is 14.4 Å². The minimum Gasteiger partial charge on any atom is -0.548 e. The third kappa shape index (κ3) is 6.19. The van der Waals surface area contributed by atoms with Gasteiger partial charge in [-0.2, -0.15) is 0 Å². The molecule has 0 spiro atoms. The molecule has 0 bridgehead atoms. The number of hydrogen-bond acceptors (Lipinski definition) is 5. The first-order valence-corrected chi connectivity index (χ1v) is 9.84. The second kappa shape index (κ2) is 9.80. The lowest BCUT2D eigenvalue weighted by Gasteiger charge is -2.21.